The van der Waals surface area contributed by atoms with E-state index < -0.39 is 0 Å². The summed E-state index contributed by atoms with van der Waals surface area (Å²) in [6.45, 7) is 6.98. The van der Waals surface area contributed by atoms with Crippen LogP contribution in [0.25, 0.3) is 22.0 Å². The van der Waals surface area contributed by atoms with Crippen LogP contribution in [0.1, 0.15) is 31.9 Å². The third-order valence-electron chi connectivity index (χ3n) is 5.41. The summed E-state index contributed by atoms with van der Waals surface area (Å²) in [6, 6.07) is 20.1. The molecule has 0 saturated heterocycles. The Balaban J connectivity index is 1.93. The van der Waals surface area contributed by atoms with Gasteiger partial charge >= 0.3 is 0 Å². The highest BCUT2D eigenvalue weighted by Crippen LogP contribution is 2.38. The normalized spacial score (nSPS) is 11.6. The van der Waals surface area contributed by atoms with Crippen LogP contribution in [0.5, 0.6) is 5.88 Å². The number of hydrogen-bond acceptors (Lipinski definition) is 3. The Kier molecular flexibility index (Phi) is 5.71. The fourth-order valence-corrected chi connectivity index (χ4v) is 4.19. The average Bonchev–Trinajstić information content (AvgIpc) is 2.75. The Bertz CT molecular complexity index is 1310. The molecule has 0 aliphatic heterocycles. The predicted octanol–water partition coefficient (Wildman–Crippen LogP) is 6.24. The van der Waals surface area contributed by atoms with Crippen molar-refractivity contribution in [2.45, 2.75) is 32.8 Å². The van der Waals surface area contributed by atoms with E-state index in [1.807, 2.05) is 48.5 Å². The lowest BCUT2D eigenvalue weighted by Gasteiger charge is -2.23. The van der Waals surface area contributed by atoms with E-state index in [4.69, 9.17) is 4.74 Å². The molecule has 0 unspecified atom stereocenters. The van der Waals surface area contributed by atoms with E-state index in [9.17, 15) is 4.79 Å². The van der Waals surface area contributed by atoms with Crippen molar-refractivity contribution in [3.05, 3.63) is 92.8 Å². The number of fused-ring (bicyclic) bond motifs is 1. The number of hydrogen-bond donors (Lipinski definition) is 0. The summed E-state index contributed by atoms with van der Waals surface area (Å²) in [7, 11) is 1.80. The van der Waals surface area contributed by atoms with E-state index in [2.05, 4.69) is 53.8 Å². The molecule has 0 atom stereocenters. The Morgan fingerprint density at radius 1 is 1.00 bits per heavy atom. The zero-order chi connectivity index (χ0) is 22.2. The van der Waals surface area contributed by atoms with Gasteiger partial charge in [-0.3, -0.25) is 4.79 Å². The first-order chi connectivity index (χ1) is 14.8. The lowest BCUT2D eigenvalue weighted by molar-refractivity contribution is 0.295. The van der Waals surface area contributed by atoms with Gasteiger partial charge in [-0.25, -0.2) is 4.98 Å². The number of pyridine rings is 2. The van der Waals surface area contributed by atoms with Crippen LogP contribution in [0, 0.1) is 0 Å². The second-order valence-electron chi connectivity index (χ2n) is 8.70. The molecule has 0 spiro atoms. The number of aromatic nitrogens is 2. The topological polar surface area (TPSA) is 44.1 Å². The van der Waals surface area contributed by atoms with Gasteiger partial charge < -0.3 is 9.30 Å². The highest BCUT2D eigenvalue weighted by molar-refractivity contribution is 9.10. The highest BCUT2D eigenvalue weighted by Gasteiger charge is 2.21. The Hall–Kier alpha value is -2.92. The number of ether oxygens (including phenoxy) is 1. The maximum Gasteiger partial charge on any atom is 0.265 e. The fraction of sp³-hybridized carbons (Fsp3) is 0.231. The van der Waals surface area contributed by atoms with E-state index >= 15 is 0 Å². The summed E-state index contributed by atoms with van der Waals surface area (Å²) in [5, 5.41) is 0.995. The van der Waals surface area contributed by atoms with Crippen molar-refractivity contribution in [2.24, 2.45) is 7.05 Å². The van der Waals surface area contributed by atoms with E-state index in [-0.39, 0.29) is 11.0 Å². The van der Waals surface area contributed by atoms with Gasteiger partial charge in [0.15, 0.2) is 0 Å². The van der Waals surface area contributed by atoms with E-state index in [1.165, 1.54) is 5.56 Å². The minimum atomic E-state index is -0.0760. The number of aryl methyl sites for hydroxylation is 1. The zero-order valence-electron chi connectivity index (χ0n) is 18.1. The molecule has 5 heteroatoms. The smallest absolute Gasteiger partial charge is 0.265 e. The van der Waals surface area contributed by atoms with Crippen molar-refractivity contribution in [2.75, 3.05) is 0 Å². The molecule has 2 aromatic heterocycles. The van der Waals surface area contributed by atoms with Crippen molar-refractivity contribution >= 4 is 26.8 Å². The first-order valence-corrected chi connectivity index (χ1v) is 11.0. The summed E-state index contributed by atoms with van der Waals surface area (Å²) >= 11 is 3.42. The molecule has 0 N–H and O–H groups in total. The third kappa shape index (κ3) is 4.28. The molecule has 2 heterocycles. The molecule has 0 radical (unpaired) electrons. The molecule has 158 valence electrons. The number of halogens is 1. The second-order valence-corrected chi connectivity index (χ2v) is 9.55. The minimum Gasteiger partial charge on any atom is -0.472 e. The second kappa shape index (κ2) is 8.31. The summed E-state index contributed by atoms with van der Waals surface area (Å²) in [6.07, 6.45) is 1.73. The summed E-state index contributed by atoms with van der Waals surface area (Å²) in [4.78, 5) is 17.2. The van der Waals surface area contributed by atoms with Gasteiger partial charge in [-0.2, -0.15) is 0 Å². The Morgan fingerprint density at radius 2 is 1.74 bits per heavy atom. The molecule has 4 aromatic rings. The van der Waals surface area contributed by atoms with Gasteiger partial charge in [0, 0.05) is 29.8 Å². The van der Waals surface area contributed by atoms with Crippen molar-refractivity contribution in [1.29, 1.82) is 0 Å². The maximum atomic E-state index is 12.7. The lowest BCUT2D eigenvalue weighted by Crippen LogP contribution is -2.19. The standard InChI is InChI=1S/C26H25BrN2O2/c1-26(2,3)19-13-18-14-22(27)25(30)29(4)23(18)21(15-19)20-11-8-12-28-24(20)31-16-17-9-6-5-7-10-17/h5-15H,16H2,1-4H3. The van der Waals surface area contributed by atoms with Gasteiger partial charge in [-0.05, 0) is 62.8 Å². The SMILES string of the molecule is Cn1c(=O)c(Br)cc2cc(C(C)(C)C)cc(-c3cccnc3OCc3ccccc3)c21. The van der Waals surface area contributed by atoms with Crippen LogP contribution in [0.15, 0.2) is 76.1 Å². The van der Waals surface area contributed by atoms with Crippen LogP contribution < -0.4 is 10.3 Å². The lowest BCUT2D eigenvalue weighted by atomic mass is 9.84. The monoisotopic (exact) mass is 476 g/mol. The zero-order valence-corrected chi connectivity index (χ0v) is 19.7. The van der Waals surface area contributed by atoms with Crippen molar-refractivity contribution in [1.82, 2.24) is 9.55 Å². The van der Waals surface area contributed by atoms with Crippen molar-refractivity contribution in [3.63, 3.8) is 0 Å². The molecule has 0 aliphatic rings. The van der Waals surface area contributed by atoms with Crippen LogP contribution in [-0.2, 0) is 19.1 Å². The Morgan fingerprint density at radius 3 is 2.45 bits per heavy atom. The Labute approximate surface area is 190 Å². The maximum absolute atomic E-state index is 12.7. The first-order valence-electron chi connectivity index (χ1n) is 10.2. The van der Waals surface area contributed by atoms with Crippen LogP contribution in [-0.4, -0.2) is 9.55 Å². The van der Waals surface area contributed by atoms with E-state index in [0.717, 1.165) is 27.6 Å². The highest BCUT2D eigenvalue weighted by atomic mass is 79.9. The molecule has 0 aliphatic carbocycles. The molecule has 0 amide bonds. The molecule has 4 nitrogen and oxygen atoms in total. The summed E-state index contributed by atoms with van der Waals surface area (Å²) in [5.41, 5.74) is 4.78. The van der Waals surface area contributed by atoms with Gasteiger partial charge in [0.2, 0.25) is 5.88 Å². The van der Waals surface area contributed by atoms with Crippen molar-refractivity contribution < 1.29 is 4.74 Å². The van der Waals surface area contributed by atoms with E-state index in [0.29, 0.717) is 17.0 Å². The van der Waals surface area contributed by atoms with Gasteiger partial charge in [0.25, 0.3) is 5.56 Å². The average molecular weight is 477 g/mol. The third-order valence-corrected chi connectivity index (χ3v) is 5.98. The molecular weight excluding hydrogens is 452 g/mol. The van der Waals surface area contributed by atoms with Crippen molar-refractivity contribution in [3.8, 4) is 17.0 Å². The summed E-state index contributed by atoms with van der Waals surface area (Å²) < 4.78 is 8.38. The van der Waals surface area contributed by atoms with Crippen LogP contribution in [0.2, 0.25) is 0 Å². The van der Waals surface area contributed by atoms with Gasteiger partial charge in [0.1, 0.15) is 6.61 Å². The van der Waals surface area contributed by atoms with Crippen LogP contribution >= 0.6 is 15.9 Å². The molecule has 2 aromatic carbocycles. The van der Waals surface area contributed by atoms with Gasteiger partial charge in [-0.1, -0.05) is 51.1 Å². The first kappa shape index (κ1) is 21.3. The fourth-order valence-electron chi connectivity index (χ4n) is 3.68. The number of benzene rings is 2. The molecule has 4 rings (SSSR count). The number of nitrogens with zero attached hydrogens (tertiary/aromatic N) is 2. The minimum absolute atomic E-state index is 0.0581. The summed E-state index contributed by atoms with van der Waals surface area (Å²) in [5.74, 6) is 0.550. The molecule has 0 saturated carbocycles. The number of rotatable bonds is 4. The van der Waals surface area contributed by atoms with Gasteiger partial charge in [0.05, 0.1) is 9.99 Å². The molecular formula is C26H25BrN2O2. The largest absolute Gasteiger partial charge is 0.472 e. The molecule has 31 heavy (non-hydrogen) atoms. The quantitative estimate of drug-likeness (QED) is 0.350. The molecule has 0 bridgehead atoms. The van der Waals surface area contributed by atoms with E-state index in [1.54, 1.807) is 17.8 Å². The van der Waals surface area contributed by atoms with Gasteiger partial charge in [-0.15, -0.1) is 0 Å². The molecule has 0 fully saturated rings. The van der Waals surface area contributed by atoms with Crippen LogP contribution in [0.3, 0.4) is 0 Å². The predicted molar refractivity (Wildman–Crippen MR) is 130 cm³/mol. The van der Waals surface area contributed by atoms with Crippen LogP contribution in [0.4, 0.5) is 0 Å².